The predicted octanol–water partition coefficient (Wildman–Crippen LogP) is 0.800. The van der Waals surface area contributed by atoms with Crippen molar-refractivity contribution >= 4 is 0 Å². The van der Waals surface area contributed by atoms with Crippen molar-refractivity contribution in [2.24, 2.45) is 5.92 Å². The second-order valence-corrected chi connectivity index (χ2v) is 6.01. The van der Waals surface area contributed by atoms with Crippen LogP contribution in [0.5, 0.6) is 0 Å². The molecular formula is C14H28N2O2. The number of hydrogen-bond acceptors (Lipinski definition) is 4. The summed E-state index contributed by atoms with van der Waals surface area (Å²) in [6.45, 7) is 11.2. The van der Waals surface area contributed by atoms with Crippen LogP contribution < -0.4 is 0 Å². The fourth-order valence-electron chi connectivity index (χ4n) is 3.11. The molecule has 0 spiro atoms. The lowest BCUT2D eigenvalue weighted by Gasteiger charge is -2.37. The van der Waals surface area contributed by atoms with E-state index in [1.165, 1.54) is 13.0 Å². The summed E-state index contributed by atoms with van der Waals surface area (Å²) in [6, 6.07) is 0.622. The van der Waals surface area contributed by atoms with Crippen molar-refractivity contribution in [3.63, 3.8) is 0 Å². The van der Waals surface area contributed by atoms with Gasteiger partial charge in [0, 0.05) is 38.8 Å². The van der Waals surface area contributed by atoms with Gasteiger partial charge >= 0.3 is 0 Å². The van der Waals surface area contributed by atoms with Gasteiger partial charge in [-0.25, -0.2) is 0 Å². The van der Waals surface area contributed by atoms with Gasteiger partial charge in [-0.2, -0.15) is 0 Å². The van der Waals surface area contributed by atoms with Crippen molar-refractivity contribution in [3.05, 3.63) is 0 Å². The van der Waals surface area contributed by atoms with Crippen LogP contribution in [-0.4, -0.2) is 73.0 Å². The number of morpholine rings is 1. The molecule has 2 heterocycles. The Morgan fingerprint density at radius 1 is 1.28 bits per heavy atom. The predicted molar refractivity (Wildman–Crippen MR) is 72.7 cm³/mol. The highest BCUT2D eigenvalue weighted by molar-refractivity contribution is 4.81. The quantitative estimate of drug-likeness (QED) is 0.789. The van der Waals surface area contributed by atoms with Crippen molar-refractivity contribution < 1.29 is 9.84 Å². The third kappa shape index (κ3) is 3.92. The molecule has 2 saturated heterocycles. The van der Waals surface area contributed by atoms with Gasteiger partial charge in [-0.3, -0.25) is 4.90 Å². The van der Waals surface area contributed by atoms with E-state index >= 15 is 0 Å². The molecule has 0 amide bonds. The number of aliphatic hydroxyl groups excluding tert-OH is 1. The Morgan fingerprint density at radius 2 is 2.11 bits per heavy atom. The van der Waals surface area contributed by atoms with E-state index in [9.17, 15) is 0 Å². The molecule has 4 heteroatoms. The van der Waals surface area contributed by atoms with Crippen LogP contribution in [0.25, 0.3) is 0 Å². The van der Waals surface area contributed by atoms with E-state index in [1.807, 2.05) is 0 Å². The molecule has 2 unspecified atom stereocenters. The second-order valence-electron chi connectivity index (χ2n) is 6.01. The van der Waals surface area contributed by atoms with Gasteiger partial charge in [0.15, 0.2) is 0 Å². The molecule has 2 atom stereocenters. The second kappa shape index (κ2) is 6.85. The largest absolute Gasteiger partial charge is 0.396 e. The molecule has 0 aromatic carbocycles. The maximum atomic E-state index is 8.98. The molecular weight excluding hydrogens is 228 g/mol. The van der Waals surface area contributed by atoms with E-state index in [0.717, 1.165) is 39.2 Å². The first kappa shape index (κ1) is 14.3. The number of rotatable bonds is 5. The van der Waals surface area contributed by atoms with Gasteiger partial charge in [0.1, 0.15) is 0 Å². The van der Waals surface area contributed by atoms with Crippen molar-refractivity contribution in [2.45, 2.75) is 38.8 Å². The molecule has 106 valence electrons. The number of ether oxygens (including phenoxy) is 1. The van der Waals surface area contributed by atoms with Crippen LogP contribution in [0.3, 0.4) is 0 Å². The van der Waals surface area contributed by atoms with Gasteiger partial charge in [0.2, 0.25) is 0 Å². The highest BCUT2D eigenvalue weighted by atomic mass is 16.5. The SMILES string of the molecule is CC(C)N1CCOC(CN2CCC(CCO)C2)C1. The number of aliphatic hydroxyl groups is 1. The average Bonchev–Trinajstić information content (AvgIpc) is 2.77. The zero-order valence-electron chi connectivity index (χ0n) is 11.8. The molecule has 0 bridgehead atoms. The molecule has 0 radical (unpaired) electrons. The van der Waals surface area contributed by atoms with Gasteiger partial charge in [0.05, 0.1) is 12.7 Å². The van der Waals surface area contributed by atoms with E-state index in [4.69, 9.17) is 9.84 Å². The normalized spacial score (nSPS) is 31.3. The van der Waals surface area contributed by atoms with Crippen LogP contribution in [-0.2, 0) is 4.74 Å². The van der Waals surface area contributed by atoms with Gasteiger partial charge in [-0.05, 0) is 39.2 Å². The average molecular weight is 256 g/mol. The van der Waals surface area contributed by atoms with E-state index in [-0.39, 0.29) is 0 Å². The lowest BCUT2D eigenvalue weighted by molar-refractivity contribution is -0.0501. The molecule has 18 heavy (non-hydrogen) atoms. The first-order chi connectivity index (χ1) is 8.69. The summed E-state index contributed by atoms with van der Waals surface area (Å²) >= 11 is 0. The monoisotopic (exact) mass is 256 g/mol. The Hall–Kier alpha value is -0.160. The highest BCUT2D eigenvalue weighted by Crippen LogP contribution is 2.20. The number of likely N-dealkylation sites (tertiary alicyclic amines) is 1. The molecule has 0 saturated carbocycles. The first-order valence-electron chi connectivity index (χ1n) is 7.38. The molecule has 0 aliphatic carbocycles. The molecule has 2 fully saturated rings. The van der Waals surface area contributed by atoms with Crippen molar-refractivity contribution in [1.29, 1.82) is 0 Å². The Kier molecular flexibility index (Phi) is 5.42. The van der Waals surface area contributed by atoms with Crippen LogP contribution in [0.1, 0.15) is 26.7 Å². The molecule has 2 aliphatic rings. The lowest BCUT2D eigenvalue weighted by atomic mass is 10.1. The van der Waals surface area contributed by atoms with Gasteiger partial charge in [0.25, 0.3) is 0 Å². The zero-order chi connectivity index (χ0) is 13.0. The lowest BCUT2D eigenvalue weighted by Crippen LogP contribution is -2.49. The summed E-state index contributed by atoms with van der Waals surface area (Å²) in [7, 11) is 0. The number of hydrogen-bond donors (Lipinski definition) is 1. The summed E-state index contributed by atoms with van der Waals surface area (Å²) in [4.78, 5) is 5.02. The minimum atomic E-state index is 0.333. The van der Waals surface area contributed by atoms with Crippen LogP contribution in [0, 0.1) is 5.92 Å². The van der Waals surface area contributed by atoms with E-state index in [1.54, 1.807) is 0 Å². The van der Waals surface area contributed by atoms with E-state index in [2.05, 4.69) is 23.6 Å². The van der Waals surface area contributed by atoms with Crippen molar-refractivity contribution in [3.8, 4) is 0 Å². The van der Waals surface area contributed by atoms with Crippen LogP contribution in [0.2, 0.25) is 0 Å². The fraction of sp³-hybridized carbons (Fsp3) is 1.00. The van der Waals surface area contributed by atoms with E-state index in [0.29, 0.717) is 24.7 Å². The highest BCUT2D eigenvalue weighted by Gasteiger charge is 2.28. The topological polar surface area (TPSA) is 35.9 Å². The molecule has 2 aliphatic heterocycles. The molecule has 2 rings (SSSR count). The molecule has 0 aromatic heterocycles. The smallest absolute Gasteiger partial charge is 0.0829 e. The Labute approximate surface area is 111 Å². The van der Waals surface area contributed by atoms with Gasteiger partial charge in [-0.1, -0.05) is 0 Å². The molecule has 1 N–H and O–H groups in total. The maximum absolute atomic E-state index is 8.98. The first-order valence-corrected chi connectivity index (χ1v) is 7.38. The third-order valence-corrected chi connectivity index (χ3v) is 4.27. The van der Waals surface area contributed by atoms with Crippen LogP contribution in [0.4, 0.5) is 0 Å². The third-order valence-electron chi connectivity index (χ3n) is 4.27. The summed E-state index contributed by atoms with van der Waals surface area (Å²) in [5, 5.41) is 8.98. The minimum absolute atomic E-state index is 0.333. The summed E-state index contributed by atoms with van der Waals surface area (Å²) < 4.78 is 5.88. The Bertz CT molecular complexity index is 248. The van der Waals surface area contributed by atoms with Crippen LogP contribution >= 0.6 is 0 Å². The van der Waals surface area contributed by atoms with Gasteiger partial charge in [-0.15, -0.1) is 0 Å². The van der Waals surface area contributed by atoms with Crippen molar-refractivity contribution in [1.82, 2.24) is 9.80 Å². The Balaban J connectivity index is 1.73. The maximum Gasteiger partial charge on any atom is 0.0829 e. The number of nitrogens with zero attached hydrogens (tertiary/aromatic N) is 2. The summed E-state index contributed by atoms with van der Waals surface area (Å²) in [5.41, 5.74) is 0. The standard InChI is InChI=1S/C14H28N2O2/c1-12(2)16-6-8-18-14(11-16)10-15-5-3-13(9-15)4-7-17/h12-14,17H,3-11H2,1-2H3. The molecule has 4 nitrogen and oxygen atoms in total. The Morgan fingerprint density at radius 3 is 2.83 bits per heavy atom. The zero-order valence-corrected chi connectivity index (χ0v) is 11.8. The van der Waals surface area contributed by atoms with Crippen LogP contribution in [0.15, 0.2) is 0 Å². The summed E-state index contributed by atoms with van der Waals surface area (Å²) in [5.74, 6) is 0.694. The minimum Gasteiger partial charge on any atom is -0.396 e. The van der Waals surface area contributed by atoms with Crippen molar-refractivity contribution in [2.75, 3.05) is 45.9 Å². The molecule has 0 aromatic rings. The van der Waals surface area contributed by atoms with Gasteiger partial charge < -0.3 is 14.7 Å². The summed E-state index contributed by atoms with van der Waals surface area (Å²) in [6.07, 6.45) is 2.57. The van der Waals surface area contributed by atoms with E-state index < -0.39 is 0 Å². The fourth-order valence-corrected chi connectivity index (χ4v) is 3.11.